The van der Waals surface area contributed by atoms with Crippen LogP contribution in [-0.2, 0) is 4.74 Å². The van der Waals surface area contributed by atoms with Crippen LogP contribution in [0.1, 0.15) is 5.56 Å². The van der Waals surface area contributed by atoms with Gasteiger partial charge in [0.25, 0.3) is 0 Å². The van der Waals surface area contributed by atoms with Gasteiger partial charge in [-0.3, -0.25) is 0 Å². The topological polar surface area (TPSA) is 29.5 Å². The Hall–Kier alpha value is -1.49. The van der Waals surface area contributed by atoms with Gasteiger partial charge in [0, 0.05) is 5.56 Å². The fourth-order valence-corrected chi connectivity index (χ4v) is 1.12. The smallest absolute Gasteiger partial charge is 0.418 e. The van der Waals surface area contributed by atoms with E-state index in [1.165, 1.54) is 7.11 Å². The number of aliphatic hydroxyl groups excluding tert-OH is 1. The van der Waals surface area contributed by atoms with E-state index in [4.69, 9.17) is 9.84 Å². The van der Waals surface area contributed by atoms with Crippen LogP contribution in [0.25, 0.3) is 5.76 Å². The molecule has 0 bridgehead atoms. The summed E-state index contributed by atoms with van der Waals surface area (Å²) in [6.07, 6.45) is -6.57. The van der Waals surface area contributed by atoms with Crippen molar-refractivity contribution in [1.29, 1.82) is 0 Å². The highest BCUT2D eigenvalue weighted by atomic mass is 19.4. The molecular formula is C11H11F3O2. The van der Waals surface area contributed by atoms with Crippen molar-refractivity contribution >= 4 is 5.76 Å². The molecule has 0 heterocycles. The first kappa shape index (κ1) is 12.6. The van der Waals surface area contributed by atoms with E-state index in [9.17, 15) is 13.2 Å². The van der Waals surface area contributed by atoms with E-state index in [1.807, 2.05) is 0 Å². The summed E-state index contributed by atoms with van der Waals surface area (Å²) in [4.78, 5) is 0. The van der Waals surface area contributed by atoms with Crippen LogP contribution in [-0.4, -0.2) is 24.5 Å². The second kappa shape index (κ2) is 5.03. The summed E-state index contributed by atoms with van der Waals surface area (Å²) in [6.45, 7) is 0. The molecule has 1 aromatic carbocycles. The standard InChI is InChI=1S/C11H11F3O2/c1-16-9(7-10(15)11(12,13)14)8-5-3-2-4-6-8/h2-7,10,15H,1H3/b9-7+. The number of hydrogen-bond donors (Lipinski definition) is 1. The Balaban J connectivity index is 2.95. The summed E-state index contributed by atoms with van der Waals surface area (Å²) in [7, 11) is 1.25. The van der Waals surface area contributed by atoms with Gasteiger partial charge in [0.2, 0.25) is 0 Å². The number of benzene rings is 1. The molecule has 16 heavy (non-hydrogen) atoms. The predicted octanol–water partition coefficient (Wildman–Crippen LogP) is 2.60. The molecular weight excluding hydrogens is 221 g/mol. The summed E-state index contributed by atoms with van der Waals surface area (Å²) in [5, 5.41) is 8.87. The van der Waals surface area contributed by atoms with E-state index in [-0.39, 0.29) is 5.76 Å². The number of rotatable bonds is 3. The predicted molar refractivity (Wildman–Crippen MR) is 53.5 cm³/mol. The molecule has 0 aliphatic rings. The van der Waals surface area contributed by atoms with Gasteiger partial charge >= 0.3 is 6.18 Å². The molecule has 0 radical (unpaired) electrons. The van der Waals surface area contributed by atoms with Crippen molar-refractivity contribution in [1.82, 2.24) is 0 Å². The second-order valence-electron chi connectivity index (χ2n) is 3.09. The third-order valence-corrected chi connectivity index (χ3v) is 1.92. The average molecular weight is 232 g/mol. The normalized spacial score (nSPS) is 14.7. The molecule has 88 valence electrons. The average Bonchev–Trinajstić information content (AvgIpc) is 2.25. The lowest BCUT2D eigenvalue weighted by atomic mass is 10.1. The quantitative estimate of drug-likeness (QED) is 0.812. The van der Waals surface area contributed by atoms with Crippen LogP contribution in [0.15, 0.2) is 36.4 Å². The maximum atomic E-state index is 12.1. The molecule has 0 aliphatic heterocycles. The maximum absolute atomic E-state index is 12.1. The van der Waals surface area contributed by atoms with Gasteiger partial charge < -0.3 is 9.84 Å². The Bertz CT molecular complexity index is 357. The molecule has 0 spiro atoms. The lowest BCUT2D eigenvalue weighted by molar-refractivity contribution is -0.187. The lowest BCUT2D eigenvalue weighted by Gasteiger charge is -2.13. The highest BCUT2D eigenvalue weighted by Gasteiger charge is 2.37. The maximum Gasteiger partial charge on any atom is 0.418 e. The molecule has 0 aromatic heterocycles. The first-order valence-electron chi connectivity index (χ1n) is 4.51. The molecule has 0 saturated carbocycles. The van der Waals surface area contributed by atoms with Gasteiger partial charge in [0.15, 0.2) is 6.10 Å². The van der Waals surface area contributed by atoms with Crippen LogP contribution in [0.5, 0.6) is 0 Å². The molecule has 1 aromatic rings. The monoisotopic (exact) mass is 232 g/mol. The van der Waals surface area contributed by atoms with Crippen molar-refractivity contribution < 1.29 is 23.0 Å². The zero-order valence-electron chi connectivity index (χ0n) is 8.53. The minimum Gasteiger partial charge on any atom is -0.496 e. The van der Waals surface area contributed by atoms with Gasteiger partial charge in [0.1, 0.15) is 5.76 Å². The molecule has 0 amide bonds. The van der Waals surface area contributed by atoms with Crippen LogP contribution < -0.4 is 0 Å². The first-order chi connectivity index (χ1) is 7.45. The minimum absolute atomic E-state index is 0.00887. The Morgan fingerprint density at radius 2 is 1.88 bits per heavy atom. The molecule has 0 saturated heterocycles. The molecule has 0 aliphatic carbocycles. The number of halogens is 3. The van der Waals surface area contributed by atoms with Gasteiger partial charge in [-0.05, 0) is 6.08 Å². The van der Waals surface area contributed by atoms with E-state index < -0.39 is 12.3 Å². The van der Waals surface area contributed by atoms with E-state index in [2.05, 4.69) is 0 Å². The zero-order chi connectivity index (χ0) is 12.2. The van der Waals surface area contributed by atoms with Gasteiger partial charge in [-0.15, -0.1) is 0 Å². The van der Waals surface area contributed by atoms with E-state index in [1.54, 1.807) is 30.3 Å². The van der Waals surface area contributed by atoms with Crippen LogP contribution in [0, 0.1) is 0 Å². The Kier molecular flexibility index (Phi) is 3.95. The minimum atomic E-state index is -4.68. The number of methoxy groups -OCH3 is 1. The van der Waals surface area contributed by atoms with Gasteiger partial charge in [-0.25, -0.2) is 0 Å². The van der Waals surface area contributed by atoms with Crippen molar-refractivity contribution in [2.75, 3.05) is 7.11 Å². The Labute approximate surface area is 91.0 Å². The molecule has 1 N–H and O–H groups in total. The Morgan fingerprint density at radius 3 is 2.31 bits per heavy atom. The summed E-state index contributed by atoms with van der Waals surface area (Å²) in [5.41, 5.74) is 0.480. The zero-order valence-corrected chi connectivity index (χ0v) is 8.53. The van der Waals surface area contributed by atoms with Crippen molar-refractivity contribution in [3.63, 3.8) is 0 Å². The highest BCUT2D eigenvalue weighted by Crippen LogP contribution is 2.24. The Morgan fingerprint density at radius 1 is 1.31 bits per heavy atom. The van der Waals surface area contributed by atoms with E-state index >= 15 is 0 Å². The number of alkyl halides is 3. The van der Waals surface area contributed by atoms with Crippen molar-refractivity contribution in [2.45, 2.75) is 12.3 Å². The van der Waals surface area contributed by atoms with Crippen molar-refractivity contribution in [2.24, 2.45) is 0 Å². The van der Waals surface area contributed by atoms with E-state index in [0.29, 0.717) is 11.6 Å². The van der Waals surface area contributed by atoms with Crippen LogP contribution in [0.4, 0.5) is 13.2 Å². The fourth-order valence-electron chi connectivity index (χ4n) is 1.12. The molecule has 1 rings (SSSR count). The molecule has 1 atom stereocenters. The first-order valence-corrected chi connectivity index (χ1v) is 4.51. The lowest BCUT2D eigenvalue weighted by Crippen LogP contribution is -2.26. The molecule has 2 nitrogen and oxygen atoms in total. The van der Waals surface area contributed by atoms with Crippen LogP contribution in [0.3, 0.4) is 0 Å². The summed E-state index contributed by atoms with van der Waals surface area (Å²) < 4.78 is 41.1. The van der Waals surface area contributed by atoms with Crippen molar-refractivity contribution in [3.8, 4) is 0 Å². The van der Waals surface area contributed by atoms with Gasteiger partial charge in [-0.1, -0.05) is 30.3 Å². The number of ether oxygens (including phenoxy) is 1. The third-order valence-electron chi connectivity index (χ3n) is 1.92. The number of aliphatic hydroxyl groups is 1. The molecule has 1 unspecified atom stereocenters. The third kappa shape index (κ3) is 3.27. The molecule has 5 heteroatoms. The van der Waals surface area contributed by atoms with E-state index in [0.717, 1.165) is 0 Å². The second-order valence-corrected chi connectivity index (χ2v) is 3.09. The SMILES string of the molecule is CO/C(=C/C(O)C(F)(F)F)c1ccccc1. The van der Waals surface area contributed by atoms with Gasteiger partial charge in [-0.2, -0.15) is 13.2 Å². The van der Waals surface area contributed by atoms with Gasteiger partial charge in [0.05, 0.1) is 7.11 Å². The fraction of sp³-hybridized carbons (Fsp3) is 0.273. The largest absolute Gasteiger partial charge is 0.496 e. The molecule has 0 fully saturated rings. The summed E-state index contributed by atoms with van der Waals surface area (Å²) in [6, 6.07) is 8.26. The number of hydrogen-bond acceptors (Lipinski definition) is 2. The highest BCUT2D eigenvalue weighted by molar-refractivity contribution is 5.60. The summed E-state index contributed by atoms with van der Waals surface area (Å²) in [5.74, 6) is -0.00887. The summed E-state index contributed by atoms with van der Waals surface area (Å²) >= 11 is 0. The van der Waals surface area contributed by atoms with Crippen LogP contribution in [0.2, 0.25) is 0 Å². The van der Waals surface area contributed by atoms with Crippen LogP contribution >= 0.6 is 0 Å². The van der Waals surface area contributed by atoms with Crippen molar-refractivity contribution in [3.05, 3.63) is 42.0 Å².